The minimum Gasteiger partial charge on any atom is -0.448 e. The van der Waals surface area contributed by atoms with E-state index in [9.17, 15) is 9.59 Å². The van der Waals surface area contributed by atoms with Crippen LogP contribution in [-0.4, -0.2) is 34.8 Å². The topological polar surface area (TPSA) is 75.4 Å². The number of para-hydroxylation sites is 1. The summed E-state index contributed by atoms with van der Waals surface area (Å²) in [4.78, 5) is 31.4. The van der Waals surface area contributed by atoms with Crippen LogP contribution in [-0.2, 0) is 0 Å². The van der Waals surface area contributed by atoms with Gasteiger partial charge in [0.15, 0.2) is 16.5 Å². The summed E-state index contributed by atoms with van der Waals surface area (Å²) in [5.74, 6) is 0.465. The van der Waals surface area contributed by atoms with E-state index in [0.29, 0.717) is 17.0 Å². The zero-order chi connectivity index (χ0) is 20.5. The number of aromatic nitrogens is 1. The number of fused-ring (bicyclic) bond motifs is 1. The molecule has 6 nitrogen and oxygen atoms in total. The fourth-order valence-corrected chi connectivity index (χ4v) is 4.47. The van der Waals surface area contributed by atoms with Crippen LogP contribution in [0.5, 0.6) is 0 Å². The first kappa shape index (κ1) is 18.6. The molecular weight excluding hydrogens is 398 g/mol. The van der Waals surface area contributed by atoms with E-state index >= 15 is 0 Å². The fourth-order valence-electron chi connectivity index (χ4n) is 3.54. The standard InChI is InChI=1S/C23H19N3O3S/c27-21(24-16-9-7-15(8-10-16)23(28)26-13-3-4-14-26)18-11-12-19(29-18)22-25-17-5-1-2-6-20(17)30-22/h1-2,5-12H,3-4,13-14H2,(H,24,27). The summed E-state index contributed by atoms with van der Waals surface area (Å²) in [7, 11) is 0. The Labute approximate surface area is 177 Å². The maximum absolute atomic E-state index is 12.6. The van der Waals surface area contributed by atoms with Gasteiger partial charge in [0.2, 0.25) is 0 Å². The molecule has 0 atom stereocenters. The molecule has 1 fully saturated rings. The number of carbonyl (C=O) groups excluding carboxylic acids is 2. The number of thiazole rings is 1. The third kappa shape index (κ3) is 3.59. The zero-order valence-corrected chi connectivity index (χ0v) is 16.9. The Hall–Kier alpha value is -3.45. The maximum atomic E-state index is 12.6. The molecule has 2 aromatic heterocycles. The molecule has 150 valence electrons. The van der Waals surface area contributed by atoms with Crippen molar-refractivity contribution in [1.29, 1.82) is 0 Å². The number of hydrogen-bond donors (Lipinski definition) is 1. The van der Waals surface area contributed by atoms with Gasteiger partial charge in [0.05, 0.1) is 10.2 Å². The predicted octanol–water partition coefficient (Wildman–Crippen LogP) is 5.04. The molecule has 1 saturated heterocycles. The first-order chi connectivity index (χ1) is 14.7. The van der Waals surface area contributed by atoms with Crippen LogP contribution < -0.4 is 5.32 Å². The summed E-state index contributed by atoms with van der Waals surface area (Å²) in [6.45, 7) is 1.62. The van der Waals surface area contributed by atoms with E-state index in [4.69, 9.17) is 4.42 Å². The molecule has 1 N–H and O–H groups in total. The monoisotopic (exact) mass is 417 g/mol. The van der Waals surface area contributed by atoms with Gasteiger partial charge >= 0.3 is 0 Å². The highest BCUT2D eigenvalue weighted by Gasteiger charge is 2.20. The first-order valence-electron chi connectivity index (χ1n) is 9.84. The van der Waals surface area contributed by atoms with Gasteiger partial charge in [-0.2, -0.15) is 0 Å². The van der Waals surface area contributed by atoms with E-state index in [1.807, 2.05) is 29.2 Å². The van der Waals surface area contributed by atoms with Crippen molar-refractivity contribution < 1.29 is 14.0 Å². The van der Waals surface area contributed by atoms with E-state index in [0.717, 1.165) is 41.2 Å². The van der Waals surface area contributed by atoms with Crippen molar-refractivity contribution >= 4 is 39.1 Å². The van der Waals surface area contributed by atoms with Crippen LogP contribution in [0.4, 0.5) is 5.69 Å². The average molecular weight is 417 g/mol. The van der Waals surface area contributed by atoms with Crippen molar-refractivity contribution in [3.05, 3.63) is 72.0 Å². The fraction of sp³-hybridized carbons (Fsp3) is 0.174. The van der Waals surface area contributed by atoms with Crippen LogP contribution in [0.15, 0.2) is 65.1 Å². The second kappa shape index (κ2) is 7.76. The molecule has 30 heavy (non-hydrogen) atoms. The van der Waals surface area contributed by atoms with Gasteiger partial charge in [-0.1, -0.05) is 12.1 Å². The van der Waals surface area contributed by atoms with Gasteiger partial charge in [0, 0.05) is 24.3 Å². The summed E-state index contributed by atoms with van der Waals surface area (Å²) < 4.78 is 6.81. The van der Waals surface area contributed by atoms with Gasteiger partial charge in [0.1, 0.15) is 0 Å². The molecule has 1 aliphatic heterocycles. The van der Waals surface area contributed by atoms with Gasteiger partial charge in [-0.25, -0.2) is 4.98 Å². The third-order valence-corrected chi connectivity index (χ3v) is 6.17. The molecule has 0 radical (unpaired) electrons. The van der Waals surface area contributed by atoms with Gasteiger partial charge in [-0.3, -0.25) is 9.59 Å². The largest absolute Gasteiger partial charge is 0.448 e. The number of benzene rings is 2. The minimum atomic E-state index is -0.346. The van der Waals surface area contributed by atoms with Crippen LogP contribution in [0.3, 0.4) is 0 Å². The van der Waals surface area contributed by atoms with Crippen molar-refractivity contribution in [2.75, 3.05) is 18.4 Å². The number of rotatable bonds is 4. The minimum absolute atomic E-state index is 0.0388. The first-order valence-corrected chi connectivity index (χ1v) is 10.7. The van der Waals surface area contributed by atoms with Crippen LogP contribution in [0.2, 0.25) is 0 Å². The van der Waals surface area contributed by atoms with Crippen molar-refractivity contribution in [2.24, 2.45) is 0 Å². The Balaban J connectivity index is 1.28. The highest BCUT2D eigenvalue weighted by molar-refractivity contribution is 7.21. The lowest BCUT2D eigenvalue weighted by atomic mass is 10.2. The predicted molar refractivity (Wildman–Crippen MR) is 117 cm³/mol. The summed E-state index contributed by atoms with van der Waals surface area (Å²) in [5.41, 5.74) is 2.14. The van der Waals surface area contributed by atoms with E-state index in [-0.39, 0.29) is 17.6 Å². The van der Waals surface area contributed by atoms with Gasteiger partial charge in [0.25, 0.3) is 11.8 Å². The molecule has 2 amide bonds. The van der Waals surface area contributed by atoms with Gasteiger partial charge in [-0.15, -0.1) is 11.3 Å². The Kier molecular flexibility index (Phi) is 4.80. The Bertz CT molecular complexity index is 1190. The van der Waals surface area contributed by atoms with Crippen LogP contribution >= 0.6 is 11.3 Å². The Morgan fingerprint density at radius 1 is 0.967 bits per heavy atom. The molecule has 2 aromatic carbocycles. The molecule has 4 aromatic rings. The number of amides is 2. The Morgan fingerprint density at radius 3 is 2.50 bits per heavy atom. The van der Waals surface area contributed by atoms with Gasteiger partial charge in [-0.05, 0) is 61.4 Å². The van der Waals surface area contributed by atoms with E-state index < -0.39 is 0 Å². The number of furan rings is 1. The molecule has 0 spiro atoms. The summed E-state index contributed by atoms with van der Waals surface area (Å²) in [6.07, 6.45) is 2.12. The van der Waals surface area contributed by atoms with E-state index in [1.54, 1.807) is 36.4 Å². The SMILES string of the molecule is O=C(Nc1ccc(C(=O)N2CCCC2)cc1)c1ccc(-c2nc3ccccc3s2)o1. The third-order valence-electron chi connectivity index (χ3n) is 5.12. The normalized spacial score (nSPS) is 13.7. The number of nitrogens with zero attached hydrogens (tertiary/aromatic N) is 2. The quantitative estimate of drug-likeness (QED) is 0.504. The number of hydrogen-bond acceptors (Lipinski definition) is 5. The van der Waals surface area contributed by atoms with Gasteiger partial charge < -0.3 is 14.6 Å². The van der Waals surface area contributed by atoms with Crippen molar-refractivity contribution in [2.45, 2.75) is 12.8 Å². The van der Waals surface area contributed by atoms with E-state index in [2.05, 4.69) is 10.3 Å². The molecule has 0 saturated carbocycles. The molecule has 0 unspecified atom stereocenters. The highest BCUT2D eigenvalue weighted by atomic mass is 32.1. The molecule has 0 aliphatic carbocycles. The summed E-state index contributed by atoms with van der Waals surface area (Å²) in [6, 6.07) is 18.2. The molecule has 5 rings (SSSR count). The molecule has 1 aliphatic rings. The zero-order valence-electron chi connectivity index (χ0n) is 16.1. The molecule has 3 heterocycles. The molecule has 7 heteroatoms. The molecule has 0 bridgehead atoms. The number of carbonyl (C=O) groups is 2. The number of likely N-dealkylation sites (tertiary alicyclic amines) is 1. The second-order valence-corrected chi connectivity index (χ2v) is 8.21. The maximum Gasteiger partial charge on any atom is 0.291 e. The summed E-state index contributed by atoms with van der Waals surface area (Å²) in [5, 5.41) is 3.55. The van der Waals surface area contributed by atoms with Crippen LogP contribution in [0.1, 0.15) is 33.8 Å². The van der Waals surface area contributed by atoms with Crippen molar-refractivity contribution in [3.63, 3.8) is 0 Å². The average Bonchev–Trinajstić information content (AvgIpc) is 3.54. The lowest BCUT2D eigenvalue weighted by molar-refractivity contribution is 0.0792. The lowest BCUT2D eigenvalue weighted by Crippen LogP contribution is -2.27. The van der Waals surface area contributed by atoms with Crippen LogP contribution in [0.25, 0.3) is 21.0 Å². The smallest absolute Gasteiger partial charge is 0.291 e. The van der Waals surface area contributed by atoms with Crippen molar-refractivity contribution in [3.8, 4) is 10.8 Å². The van der Waals surface area contributed by atoms with E-state index in [1.165, 1.54) is 11.3 Å². The lowest BCUT2D eigenvalue weighted by Gasteiger charge is -2.15. The number of nitrogens with one attached hydrogen (secondary N) is 1. The Morgan fingerprint density at radius 2 is 1.73 bits per heavy atom. The highest BCUT2D eigenvalue weighted by Crippen LogP contribution is 2.31. The molecular formula is C23H19N3O3S. The summed E-state index contributed by atoms with van der Waals surface area (Å²) >= 11 is 1.52. The van der Waals surface area contributed by atoms with Crippen LogP contribution in [0, 0.1) is 0 Å². The number of anilines is 1. The van der Waals surface area contributed by atoms with Crippen molar-refractivity contribution in [1.82, 2.24) is 9.88 Å². The second-order valence-electron chi connectivity index (χ2n) is 7.18.